The highest BCUT2D eigenvalue weighted by Gasteiger charge is 2.19. The topological polar surface area (TPSA) is 40.5 Å². The van der Waals surface area contributed by atoms with Crippen LogP contribution in [-0.4, -0.2) is 8.76 Å². The second kappa shape index (κ2) is 5.55. The molecule has 19 heavy (non-hydrogen) atoms. The number of anilines is 2. The summed E-state index contributed by atoms with van der Waals surface area (Å²) in [5.41, 5.74) is 4.62. The molecule has 2 aromatic rings. The zero-order chi connectivity index (χ0) is 14.0. The lowest BCUT2D eigenvalue weighted by molar-refractivity contribution is 0.564. The molecule has 1 atom stereocenters. The van der Waals surface area contributed by atoms with Crippen molar-refractivity contribution in [3.63, 3.8) is 0 Å². The normalized spacial score (nSPS) is 12.2. The first-order valence-electron chi connectivity index (χ1n) is 6.04. The Morgan fingerprint density at radius 2 is 1.53 bits per heavy atom. The van der Waals surface area contributed by atoms with Gasteiger partial charge in [-0.3, -0.25) is 4.55 Å². The molecule has 0 amide bonds. The standard InChI is InChI=1S/C15H17NO2S/c1-11-9-12(2)15(13(3)10-11)16(19(17)18)14-7-5-4-6-8-14/h4-10H,1-3H3,(H,17,18). The highest BCUT2D eigenvalue weighted by Crippen LogP contribution is 2.33. The summed E-state index contributed by atoms with van der Waals surface area (Å²) in [5.74, 6) is 0. The third-order valence-electron chi connectivity index (χ3n) is 2.99. The second-order valence-corrected chi connectivity index (χ2v) is 5.43. The molecule has 0 spiro atoms. The molecule has 2 rings (SSSR count). The first-order valence-corrected chi connectivity index (χ1v) is 7.11. The van der Waals surface area contributed by atoms with Crippen LogP contribution < -0.4 is 4.31 Å². The van der Waals surface area contributed by atoms with E-state index in [2.05, 4.69) is 0 Å². The van der Waals surface area contributed by atoms with E-state index in [1.54, 1.807) is 0 Å². The van der Waals surface area contributed by atoms with Gasteiger partial charge >= 0.3 is 0 Å². The predicted molar refractivity (Wildman–Crippen MR) is 80.0 cm³/mol. The van der Waals surface area contributed by atoms with E-state index in [-0.39, 0.29) is 0 Å². The van der Waals surface area contributed by atoms with Crippen molar-refractivity contribution in [3.05, 3.63) is 59.2 Å². The van der Waals surface area contributed by atoms with Gasteiger partial charge in [0.1, 0.15) is 0 Å². The van der Waals surface area contributed by atoms with Crippen molar-refractivity contribution in [1.29, 1.82) is 0 Å². The number of hydrogen-bond acceptors (Lipinski definition) is 1. The van der Waals surface area contributed by atoms with Crippen molar-refractivity contribution >= 4 is 22.6 Å². The molecule has 0 radical (unpaired) electrons. The van der Waals surface area contributed by atoms with Crippen molar-refractivity contribution in [1.82, 2.24) is 0 Å². The third-order valence-corrected chi connectivity index (χ3v) is 3.69. The minimum absolute atomic E-state index is 0.707. The van der Waals surface area contributed by atoms with Crippen molar-refractivity contribution in [3.8, 4) is 0 Å². The van der Waals surface area contributed by atoms with Crippen LogP contribution in [-0.2, 0) is 11.3 Å². The van der Waals surface area contributed by atoms with Gasteiger partial charge in [0.15, 0.2) is 0 Å². The Morgan fingerprint density at radius 1 is 1.00 bits per heavy atom. The van der Waals surface area contributed by atoms with Crippen LogP contribution >= 0.6 is 0 Å². The van der Waals surface area contributed by atoms with Crippen LogP contribution in [0.2, 0.25) is 0 Å². The number of rotatable bonds is 3. The number of para-hydroxylation sites is 1. The molecule has 0 aliphatic carbocycles. The molecule has 100 valence electrons. The molecule has 0 fully saturated rings. The number of aryl methyl sites for hydroxylation is 3. The van der Waals surface area contributed by atoms with Gasteiger partial charge in [-0.1, -0.05) is 35.9 Å². The zero-order valence-corrected chi connectivity index (χ0v) is 12.1. The Balaban J connectivity index is 2.62. The van der Waals surface area contributed by atoms with Gasteiger partial charge in [0.05, 0.1) is 11.4 Å². The van der Waals surface area contributed by atoms with Crippen LogP contribution in [0, 0.1) is 20.8 Å². The van der Waals surface area contributed by atoms with Crippen molar-refractivity contribution in [2.24, 2.45) is 0 Å². The summed E-state index contributed by atoms with van der Waals surface area (Å²) in [7, 11) is 0. The minimum atomic E-state index is -2.10. The summed E-state index contributed by atoms with van der Waals surface area (Å²) < 4.78 is 22.8. The fraction of sp³-hybridized carbons (Fsp3) is 0.200. The lowest BCUT2D eigenvalue weighted by Gasteiger charge is -2.24. The Kier molecular flexibility index (Phi) is 4.02. The van der Waals surface area contributed by atoms with Crippen LogP contribution in [0.25, 0.3) is 0 Å². The molecule has 0 bridgehead atoms. The summed E-state index contributed by atoms with van der Waals surface area (Å²) in [4.78, 5) is 0. The SMILES string of the molecule is Cc1cc(C)c(N(c2ccccc2)S(=O)O)c(C)c1. The summed E-state index contributed by atoms with van der Waals surface area (Å²) in [6, 6.07) is 13.3. The summed E-state index contributed by atoms with van der Waals surface area (Å²) >= 11 is -2.10. The van der Waals surface area contributed by atoms with Gasteiger partial charge < -0.3 is 0 Å². The van der Waals surface area contributed by atoms with Gasteiger partial charge in [-0.05, 0) is 44.0 Å². The third kappa shape index (κ3) is 2.85. The minimum Gasteiger partial charge on any atom is -0.289 e. The van der Waals surface area contributed by atoms with Crippen molar-refractivity contribution in [2.45, 2.75) is 20.8 Å². The number of hydrogen-bond donors (Lipinski definition) is 1. The van der Waals surface area contributed by atoms with Crippen LogP contribution in [0.15, 0.2) is 42.5 Å². The molecule has 3 nitrogen and oxygen atoms in total. The lowest BCUT2D eigenvalue weighted by Crippen LogP contribution is -2.21. The van der Waals surface area contributed by atoms with E-state index in [4.69, 9.17) is 0 Å². The highest BCUT2D eigenvalue weighted by molar-refractivity contribution is 7.81. The van der Waals surface area contributed by atoms with E-state index < -0.39 is 11.3 Å². The second-order valence-electron chi connectivity index (χ2n) is 4.61. The quantitative estimate of drug-likeness (QED) is 0.863. The van der Waals surface area contributed by atoms with Crippen molar-refractivity contribution < 1.29 is 8.76 Å². The maximum atomic E-state index is 11.7. The molecule has 1 unspecified atom stereocenters. The van der Waals surface area contributed by atoms with Crippen LogP contribution in [0.3, 0.4) is 0 Å². The average Bonchev–Trinajstić information content (AvgIpc) is 2.34. The van der Waals surface area contributed by atoms with E-state index in [1.807, 2.05) is 63.2 Å². The highest BCUT2D eigenvalue weighted by atomic mass is 32.2. The van der Waals surface area contributed by atoms with Crippen LogP contribution in [0.5, 0.6) is 0 Å². The maximum Gasteiger partial charge on any atom is 0.266 e. The number of benzene rings is 2. The zero-order valence-electron chi connectivity index (χ0n) is 11.3. The fourth-order valence-corrected chi connectivity index (χ4v) is 3.10. The smallest absolute Gasteiger partial charge is 0.266 e. The Hall–Kier alpha value is -1.65. The average molecular weight is 275 g/mol. The molecule has 0 saturated carbocycles. The van der Waals surface area contributed by atoms with Crippen LogP contribution in [0.4, 0.5) is 11.4 Å². The summed E-state index contributed by atoms with van der Waals surface area (Å²) in [6.45, 7) is 5.93. The molecule has 1 N–H and O–H groups in total. The van der Waals surface area contributed by atoms with Crippen molar-refractivity contribution in [2.75, 3.05) is 4.31 Å². The summed E-state index contributed by atoms with van der Waals surface area (Å²) in [6.07, 6.45) is 0. The van der Waals surface area contributed by atoms with E-state index in [0.29, 0.717) is 5.69 Å². The fourth-order valence-electron chi connectivity index (χ4n) is 2.35. The van der Waals surface area contributed by atoms with E-state index in [0.717, 1.165) is 22.4 Å². The van der Waals surface area contributed by atoms with Gasteiger partial charge in [0, 0.05) is 0 Å². The predicted octanol–water partition coefficient (Wildman–Crippen LogP) is 3.89. The lowest BCUT2D eigenvalue weighted by atomic mass is 10.0. The maximum absolute atomic E-state index is 11.7. The first kappa shape index (κ1) is 13.8. The molecule has 2 aromatic carbocycles. The van der Waals surface area contributed by atoms with Gasteiger partial charge in [0.2, 0.25) is 0 Å². The van der Waals surface area contributed by atoms with Gasteiger partial charge in [-0.2, -0.15) is 0 Å². The first-order chi connectivity index (χ1) is 9.00. The Bertz CT molecular complexity index is 588. The Labute approximate surface area is 116 Å². The number of nitrogens with zero attached hydrogens (tertiary/aromatic N) is 1. The molecular weight excluding hydrogens is 258 g/mol. The Morgan fingerprint density at radius 3 is 2.00 bits per heavy atom. The monoisotopic (exact) mass is 275 g/mol. The molecule has 0 heterocycles. The summed E-state index contributed by atoms with van der Waals surface area (Å²) in [5, 5.41) is 0. The molecule has 0 aliphatic rings. The molecular formula is C15H17NO2S. The van der Waals surface area contributed by atoms with E-state index >= 15 is 0 Å². The largest absolute Gasteiger partial charge is 0.289 e. The van der Waals surface area contributed by atoms with E-state index in [9.17, 15) is 8.76 Å². The molecule has 0 saturated heterocycles. The molecule has 0 aromatic heterocycles. The van der Waals surface area contributed by atoms with Crippen LogP contribution in [0.1, 0.15) is 16.7 Å². The molecule has 0 aliphatic heterocycles. The van der Waals surface area contributed by atoms with Gasteiger partial charge in [0.25, 0.3) is 11.3 Å². The van der Waals surface area contributed by atoms with E-state index in [1.165, 1.54) is 4.31 Å². The van der Waals surface area contributed by atoms with Gasteiger partial charge in [-0.15, -0.1) is 0 Å². The van der Waals surface area contributed by atoms with Gasteiger partial charge in [-0.25, -0.2) is 8.51 Å². The molecule has 4 heteroatoms.